The summed E-state index contributed by atoms with van der Waals surface area (Å²) in [4.78, 5) is 17.9. The quantitative estimate of drug-likeness (QED) is 0.459. The molecule has 3 aromatic heterocycles. The molecule has 0 fully saturated rings. The van der Waals surface area contributed by atoms with E-state index in [0.717, 1.165) is 4.88 Å². The van der Waals surface area contributed by atoms with E-state index in [4.69, 9.17) is 12.2 Å². The number of nitrogens with one attached hydrogen (secondary N) is 2. The standard InChI is InChI=1S/C18H16FN7OS2/c1-2-25-14(22-23-18(25)28)10-20-17(27)15-21-16(13-7-4-8-29-13)26(24-15)12-6-3-5-11(19)9-12/h3-9H,2,10H2,1H3,(H,20,27)(H,23,28). The second-order valence-electron chi connectivity index (χ2n) is 6.00. The van der Waals surface area contributed by atoms with Crippen molar-refractivity contribution in [2.75, 3.05) is 0 Å². The molecule has 11 heteroatoms. The van der Waals surface area contributed by atoms with Crippen molar-refractivity contribution in [3.05, 3.63) is 64.0 Å². The van der Waals surface area contributed by atoms with Crippen LogP contribution in [0, 0.1) is 10.6 Å². The lowest BCUT2D eigenvalue weighted by Crippen LogP contribution is -2.26. The number of carbonyl (C=O) groups excluding carboxylic acids is 1. The van der Waals surface area contributed by atoms with Gasteiger partial charge in [0.2, 0.25) is 5.82 Å². The van der Waals surface area contributed by atoms with Gasteiger partial charge in [0.15, 0.2) is 16.4 Å². The van der Waals surface area contributed by atoms with Crippen molar-refractivity contribution < 1.29 is 9.18 Å². The summed E-state index contributed by atoms with van der Waals surface area (Å²) in [6.07, 6.45) is 0. The summed E-state index contributed by atoms with van der Waals surface area (Å²) in [6, 6.07) is 9.71. The highest BCUT2D eigenvalue weighted by Crippen LogP contribution is 2.25. The van der Waals surface area contributed by atoms with E-state index in [1.807, 2.05) is 24.4 Å². The van der Waals surface area contributed by atoms with Crippen LogP contribution in [0.25, 0.3) is 16.4 Å². The molecule has 0 bridgehead atoms. The van der Waals surface area contributed by atoms with Gasteiger partial charge >= 0.3 is 0 Å². The van der Waals surface area contributed by atoms with Crippen LogP contribution in [-0.4, -0.2) is 35.4 Å². The number of rotatable bonds is 6. The van der Waals surface area contributed by atoms with Crippen LogP contribution in [0.5, 0.6) is 0 Å². The molecule has 1 amide bonds. The van der Waals surface area contributed by atoms with E-state index < -0.39 is 11.7 Å². The Balaban J connectivity index is 1.64. The van der Waals surface area contributed by atoms with E-state index >= 15 is 0 Å². The van der Waals surface area contributed by atoms with Crippen LogP contribution in [0.15, 0.2) is 41.8 Å². The Bertz CT molecular complexity index is 1210. The lowest BCUT2D eigenvalue weighted by atomic mass is 10.3. The molecule has 2 N–H and O–H groups in total. The number of halogens is 1. The minimum absolute atomic E-state index is 0.0187. The molecule has 0 aliphatic rings. The van der Waals surface area contributed by atoms with Crippen molar-refractivity contribution in [1.82, 2.24) is 34.8 Å². The molecule has 0 saturated carbocycles. The predicted octanol–water partition coefficient (Wildman–Crippen LogP) is 3.34. The highest BCUT2D eigenvalue weighted by atomic mass is 32.1. The summed E-state index contributed by atoms with van der Waals surface area (Å²) in [5.74, 6) is 0.189. The normalized spacial score (nSPS) is 11.0. The smallest absolute Gasteiger partial charge is 0.291 e. The Hall–Kier alpha value is -3.18. The summed E-state index contributed by atoms with van der Waals surface area (Å²) >= 11 is 6.60. The van der Waals surface area contributed by atoms with Crippen molar-refractivity contribution in [2.24, 2.45) is 0 Å². The maximum atomic E-state index is 13.7. The lowest BCUT2D eigenvalue weighted by molar-refractivity contribution is 0.0939. The third kappa shape index (κ3) is 3.87. The maximum Gasteiger partial charge on any atom is 0.291 e. The van der Waals surface area contributed by atoms with E-state index in [0.29, 0.717) is 28.7 Å². The number of hydrogen-bond donors (Lipinski definition) is 2. The molecular weight excluding hydrogens is 413 g/mol. The molecule has 0 aliphatic heterocycles. The molecule has 29 heavy (non-hydrogen) atoms. The first-order chi connectivity index (χ1) is 14.1. The van der Waals surface area contributed by atoms with Gasteiger partial charge in [-0.1, -0.05) is 12.1 Å². The molecule has 148 valence electrons. The number of H-pyrrole nitrogens is 1. The van der Waals surface area contributed by atoms with Gasteiger partial charge < -0.3 is 9.88 Å². The van der Waals surface area contributed by atoms with Crippen LogP contribution >= 0.6 is 23.6 Å². The molecule has 0 aliphatic carbocycles. The summed E-state index contributed by atoms with van der Waals surface area (Å²) in [7, 11) is 0. The van der Waals surface area contributed by atoms with Crippen molar-refractivity contribution >= 4 is 29.5 Å². The zero-order valence-electron chi connectivity index (χ0n) is 15.3. The van der Waals surface area contributed by atoms with Crippen LogP contribution in [0.2, 0.25) is 0 Å². The molecule has 4 aromatic rings. The summed E-state index contributed by atoms with van der Waals surface area (Å²) in [5, 5.41) is 15.8. The first-order valence-corrected chi connectivity index (χ1v) is 10.0. The summed E-state index contributed by atoms with van der Waals surface area (Å²) in [5.41, 5.74) is 0.479. The van der Waals surface area contributed by atoms with Gasteiger partial charge in [-0.25, -0.2) is 14.1 Å². The average molecular weight is 430 g/mol. The highest BCUT2D eigenvalue weighted by Gasteiger charge is 2.20. The van der Waals surface area contributed by atoms with Gasteiger partial charge in [0.05, 0.1) is 17.1 Å². The summed E-state index contributed by atoms with van der Waals surface area (Å²) < 4.78 is 17.5. The number of hydrogen-bond acceptors (Lipinski definition) is 6. The van der Waals surface area contributed by atoms with E-state index in [1.54, 1.807) is 16.7 Å². The first-order valence-electron chi connectivity index (χ1n) is 8.76. The fourth-order valence-electron chi connectivity index (χ4n) is 2.81. The van der Waals surface area contributed by atoms with Crippen molar-refractivity contribution in [1.29, 1.82) is 0 Å². The number of carbonyl (C=O) groups is 1. The molecule has 0 saturated heterocycles. The van der Waals surface area contributed by atoms with Crippen molar-refractivity contribution in [3.63, 3.8) is 0 Å². The molecule has 0 atom stereocenters. The van der Waals surface area contributed by atoms with E-state index in [9.17, 15) is 9.18 Å². The Morgan fingerprint density at radius 2 is 2.21 bits per heavy atom. The van der Waals surface area contributed by atoms with E-state index in [-0.39, 0.29) is 12.4 Å². The Morgan fingerprint density at radius 3 is 2.93 bits per heavy atom. The van der Waals surface area contributed by atoms with Crippen LogP contribution in [0.4, 0.5) is 4.39 Å². The number of thiophene rings is 1. The summed E-state index contributed by atoms with van der Waals surface area (Å²) in [6.45, 7) is 2.74. The first kappa shape index (κ1) is 19.2. The van der Waals surface area contributed by atoms with Gasteiger partial charge in [-0.05, 0) is 48.8 Å². The molecule has 0 spiro atoms. The zero-order valence-corrected chi connectivity index (χ0v) is 16.9. The molecule has 8 nitrogen and oxygen atoms in total. The molecule has 4 rings (SSSR count). The van der Waals surface area contributed by atoms with Gasteiger partial charge in [-0.2, -0.15) is 5.10 Å². The Kier molecular flexibility index (Phi) is 5.32. The monoisotopic (exact) mass is 429 g/mol. The lowest BCUT2D eigenvalue weighted by Gasteiger charge is -2.04. The van der Waals surface area contributed by atoms with Crippen molar-refractivity contribution in [2.45, 2.75) is 20.0 Å². The second kappa shape index (κ2) is 8.05. The number of amides is 1. The van der Waals surface area contributed by atoms with E-state index in [2.05, 4.69) is 25.6 Å². The highest BCUT2D eigenvalue weighted by molar-refractivity contribution is 7.71. The maximum absolute atomic E-state index is 13.7. The van der Waals surface area contributed by atoms with Crippen LogP contribution in [0.1, 0.15) is 23.4 Å². The zero-order chi connectivity index (χ0) is 20.4. The Morgan fingerprint density at radius 1 is 1.34 bits per heavy atom. The molecule has 3 heterocycles. The molecular formula is C18H16FN7OS2. The van der Waals surface area contributed by atoms with Gasteiger partial charge in [0.25, 0.3) is 5.91 Å². The topological polar surface area (TPSA) is 93.4 Å². The van der Waals surface area contributed by atoms with E-state index in [1.165, 1.54) is 28.2 Å². The predicted molar refractivity (Wildman–Crippen MR) is 109 cm³/mol. The van der Waals surface area contributed by atoms with Crippen molar-refractivity contribution in [3.8, 4) is 16.4 Å². The number of aromatic nitrogens is 6. The molecule has 1 aromatic carbocycles. The Labute approximate surface area is 174 Å². The molecule has 0 radical (unpaired) electrons. The van der Waals surface area contributed by atoms with Gasteiger partial charge in [0, 0.05) is 6.54 Å². The SMILES string of the molecule is CCn1c(CNC(=O)c2nc(-c3cccs3)n(-c3cccc(F)c3)n2)n[nH]c1=S. The van der Waals surface area contributed by atoms with Gasteiger partial charge in [-0.3, -0.25) is 9.89 Å². The van der Waals surface area contributed by atoms with Crippen LogP contribution < -0.4 is 5.32 Å². The minimum atomic E-state index is -0.463. The van der Waals surface area contributed by atoms with Crippen LogP contribution in [0.3, 0.4) is 0 Å². The largest absolute Gasteiger partial charge is 0.342 e. The van der Waals surface area contributed by atoms with Crippen LogP contribution in [-0.2, 0) is 13.1 Å². The number of benzene rings is 1. The third-order valence-electron chi connectivity index (χ3n) is 4.17. The second-order valence-corrected chi connectivity index (χ2v) is 7.33. The fraction of sp³-hybridized carbons (Fsp3) is 0.167. The van der Waals surface area contributed by atoms with Gasteiger partial charge in [-0.15, -0.1) is 16.4 Å². The van der Waals surface area contributed by atoms with Gasteiger partial charge in [0.1, 0.15) is 5.82 Å². The minimum Gasteiger partial charge on any atom is -0.342 e. The third-order valence-corrected chi connectivity index (χ3v) is 5.34. The fourth-order valence-corrected chi connectivity index (χ4v) is 3.79. The average Bonchev–Trinajstić information content (AvgIpc) is 3.45. The molecule has 0 unspecified atom stereocenters. The number of nitrogens with zero attached hydrogens (tertiary/aromatic N) is 5. The number of aromatic amines is 1.